The van der Waals surface area contributed by atoms with Gasteiger partial charge in [0.05, 0.1) is 15.4 Å². The number of para-hydroxylation sites is 1. The first kappa shape index (κ1) is 24.6. The zero-order valence-electron chi connectivity index (χ0n) is 21.2. The first-order valence-corrected chi connectivity index (χ1v) is 13.9. The number of amides is 2. The topological polar surface area (TPSA) is 76.5 Å². The lowest BCUT2D eigenvalue weighted by Gasteiger charge is -2.35. The molecule has 1 aliphatic carbocycles. The molecule has 2 amide bonds. The van der Waals surface area contributed by atoms with Gasteiger partial charge in [0.15, 0.2) is 5.75 Å². The highest BCUT2D eigenvalue weighted by atomic mass is 32.1. The lowest BCUT2D eigenvalue weighted by atomic mass is 10.0. The number of carbonyl (C=O) groups excluding carboxylic acids is 2. The molecule has 7 nitrogen and oxygen atoms in total. The molecular formula is C29H29FN4O3S. The number of nitrogens with zero attached hydrogens (tertiary/aromatic N) is 3. The maximum absolute atomic E-state index is 13.9. The van der Waals surface area contributed by atoms with Gasteiger partial charge in [0, 0.05) is 43.7 Å². The first-order chi connectivity index (χ1) is 18.5. The molecule has 0 radical (unpaired) electrons. The number of thiazole rings is 1. The van der Waals surface area contributed by atoms with E-state index in [2.05, 4.69) is 5.32 Å². The summed E-state index contributed by atoms with van der Waals surface area (Å²) < 4.78 is 21.1. The van der Waals surface area contributed by atoms with Gasteiger partial charge in [-0.3, -0.25) is 4.79 Å². The number of carbonyl (C=O) groups is 2. The number of benzene rings is 2. The van der Waals surface area contributed by atoms with Crippen LogP contribution in [0.2, 0.25) is 0 Å². The second kappa shape index (κ2) is 10.2. The molecular weight excluding hydrogens is 503 g/mol. The molecule has 6 rings (SSSR count). The zero-order valence-corrected chi connectivity index (χ0v) is 22.0. The summed E-state index contributed by atoms with van der Waals surface area (Å²) in [4.78, 5) is 34.0. The fraction of sp³-hybridized carbons (Fsp3) is 0.345. The zero-order chi connectivity index (χ0) is 26.2. The van der Waals surface area contributed by atoms with Crippen molar-refractivity contribution in [1.82, 2.24) is 19.8 Å². The van der Waals surface area contributed by atoms with E-state index in [0.717, 1.165) is 58.5 Å². The van der Waals surface area contributed by atoms with Gasteiger partial charge in [-0.2, -0.15) is 0 Å². The van der Waals surface area contributed by atoms with Crippen molar-refractivity contribution >= 4 is 34.2 Å². The van der Waals surface area contributed by atoms with Crippen molar-refractivity contribution in [3.63, 3.8) is 0 Å². The molecule has 0 bridgehead atoms. The Balaban J connectivity index is 1.18. The highest BCUT2D eigenvalue weighted by Crippen LogP contribution is 2.45. The third kappa shape index (κ3) is 4.90. The van der Waals surface area contributed by atoms with E-state index < -0.39 is 6.09 Å². The van der Waals surface area contributed by atoms with Crippen LogP contribution in [0.25, 0.3) is 21.3 Å². The fourth-order valence-electron chi connectivity index (χ4n) is 5.12. The van der Waals surface area contributed by atoms with Crippen LogP contribution in [-0.4, -0.2) is 45.6 Å². The van der Waals surface area contributed by atoms with Crippen LogP contribution < -0.4 is 10.1 Å². The molecule has 1 atom stereocenters. The highest BCUT2D eigenvalue weighted by Gasteiger charge is 2.34. The third-order valence-electron chi connectivity index (χ3n) is 7.31. The molecule has 1 saturated heterocycles. The summed E-state index contributed by atoms with van der Waals surface area (Å²) in [5.74, 6) is 0.451. The molecule has 2 aromatic heterocycles. The lowest BCUT2D eigenvalue weighted by Crippen LogP contribution is -2.50. The maximum Gasteiger partial charge on any atom is 0.412 e. The van der Waals surface area contributed by atoms with Gasteiger partial charge in [0.2, 0.25) is 0 Å². The molecule has 196 valence electrons. The number of aromatic nitrogens is 2. The largest absolute Gasteiger partial charge is 0.412 e. The summed E-state index contributed by atoms with van der Waals surface area (Å²) in [6.07, 6.45) is 6.06. The standard InChI is InChI=1S/C29H29FN4O3S/c1-33-17-24(22-7-2-3-8-23(22)33)37-29(36)31-16-21-6-4-5-15-34(21)28(35)25-26(18-11-13-20(30)14-12-18)38-27(32-25)19-9-10-19/h2-3,7-8,11-14,17,19,21H,4-6,9-10,15-16H2,1H3,(H,31,36)/t21-/m0/s1. The van der Waals surface area contributed by atoms with E-state index in [1.54, 1.807) is 18.3 Å². The molecule has 38 heavy (non-hydrogen) atoms. The highest BCUT2D eigenvalue weighted by molar-refractivity contribution is 7.15. The van der Waals surface area contributed by atoms with E-state index in [0.29, 0.717) is 30.5 Å². The van der Waals surface area contributed by atoms with Crippen molar-refractivity contribution in [2.45, 2.75) is 44.1 Å². The quantitative estimate of drug-likeness (QED) is 0.326. The summed E-state index contributed by atoms with van der Waals surface area (Å²) in [6, 6.07) is 13.8. The normalized spacial score (nSPS) is 17.5. The Kier molecular flexibility index (Phi) is 6.61. The number of rotatable bonds is 6. The van der Waals surface area contributed by atoms with Crippen LogP contribution >= 0.6 is 11.3 Å². The van der Waals surface area contributed by atoms with Gasteiger partial charge in [0.1, 0.15) is 11.5 Å². The van der Waals surface area contributed by atoms with Crippen molar-refractivity contribution in [1.29, 1.82) is 0 Å². The van der Waals surface area contributed by atoms with Gasteiger partial charge in [-0.15, -0.1) is 11.3 Å². The number of likely N-dealkylation sites (tertiary alicyclic amines) is 1. The van der Waals surface area contributed by atoms with Crippen molar-refractivity contribution in [2.75, 3.05) is 13.1 Å². The number of piperidine rings is 1. The monoisotopic (exact) mass is 532 g/mol. The number of ether oxygens (including phenoxy) is 1. The van der Waals surface area contributed by atoms with E-state index in [1.807, 2.05) is 40.8 Å². The fourth-order valence-corrected chi connectivity index (χ4v) is 6.35. The van der Waals surface area contributed by atoms with Crippen LogP contribution in [0.3, 0.4) is 0 Å². The molecule has 0 unspecified atom stereocenters. The van der Waals surface area contributed by atoms with E-state index >= 15 is 0 Å². The van der Waals surface area contributed by atoms with Crippen LogP contribution in [-0.2, 0) is 7.05 Å². The van der Waals surface area contributed by atoms with Crippen LogP contribution in [0, 0.1) is 5.82 Å². The van der Waals surface area contributed by atoms with Crippen LogP contribution in [0.4, 0.5) is 9.18 Å². The molecule has 2 aliphatic rings. The number of fused-ring (bicyclic) bond motifs is 1. The van der Waals surface area contributed by atoms with E-state index in [1.165, 1.54) is 23.5 Å². The summed E-state index contributed by atoms with van der Waals surface area (Å²) in [6.45, 7) is 0.892. The molecule has 1 aliphatic heterocycles. The van der Waals surface area contributed by atoms with Crippen LogP contribution in [0.5, 0.6) is 5.75 Å². The molecule has 0 spiro atoms. The predicted octanol–water partition coefficient (Wildman–Crippen LogP) is 6.10. The third-order valence-corrected chi connectivity index (χ3v) is 8.58. The van der Waals surface area contributed by atoms with Gasteiger partial charge in [-0.25, -0.2) is 14.2 Å². The van der Waals surface area contributed by atoms with E-state index in [-0.39, 0.29) is 17.8 Å². The van der Waals surface area contributed by atoms with Crippen molar-refractivity contribution in [3.8, 4) is 16.2 Å². The molecule has 2 aromatic carbocycles. The summed E-state index contributed by atoms with van der Waals surface area (Å²) in [5, 5.41) is 4.71. The number of nitrogens with one attached hydrogen (secondary N) is 1. The Labute approximate surface area is 224 Å². The van der Waals surface area contributed by atoms with Gasteiger partial charge >= 0.3 is 6.09 Å². The summed E-state index contributed by atoms with van der Waals surface area (Å²) in [5.41, 5.74) is 2.20. The van der Waals surface area contributed by atoms with Crippen molar-refractivity contribution in [3.05, 3.63) is 71.2 Å². The van der Waals surface area contributed by atoms with Gasteiger partial charge < -0.3 is 19.5 Å². The minimum atomic E-state index is -0.545. The number of hydrogen-bond donors (Lipinski definition) is 1. The predicted molar refractivity (Wildman–Crippen MR) is 145 cm³/mol. The molecule has 9 heteroatoms. The maximum atomic E-state index is 13.9. The van der Waals surface area contributed by atoms with E-state index in [4.69, 9.17) is 9.72 Å². The van der Waals surface area contributed by atoms with E-state index in [9.17, 15) is 14.0 Å². The minimum absolute atomic E-state index is 0.138. The summed E-state index contributed by atoms with van der Waals surface area (Å²) in [7, 11) is 1.91. The Hall–Kier alpha value is -3.72. The molecule has 3 heterocycles. The number of hydrogen-bond acceptors (Lipinski definition) is 5. The molecule has 1 saturated carbocycles. The SMILES string of the molecule is Cn1cc(OC(=O)NC[C@@H]2CCCCN2C(=O)c2nc(C3CC3)sc2-c2ccc(F)cc2)c2ccccc21. The van der Waals surface area contributed by atoms with Crippen LogP contribution in [0.15, 0.2) is 54.7 Å². The average molecular weight is 533 g/mol. The second-order valence-corrected chi connectivity index (χ2v) is 11.1. The first-order valence-electron chi connectivity index (χ1n) is 13.1. The minimum Gasteiger partial charge on any atom is -0.408 e. The van der Waals surface area contributed by atoms with Gasteiger partial charge in [0.25, 0.3) is 5.91 Å². The van der Waals surface area contributed by atoms with Crippen molar-refractivity contribution < 1.29 is 18.7 Å². The molecule has 1 N–H and O–H groups in total. The Bertz CT molecular complexity index is 1490. The Morgan fingerprint density at radius 1 is 1.11 bits per heavy atom. The lowest BCUT2D eigenvalue weighted by molar-refractivity contribution is 0.0607. The van der Waals surface area contributed by atoms with Gasteiger partial charge in [-0.1, -0.05) is 24.3 Å². The molecule has 2 fully saturated rings. The van der Waals surface area contributed by atoms with Crippen molar-refractivity contribution in [2.24, 2.45) is 7.05 Å². The smallest absolute Gasteiger partial charge is 0.408 e. The van der Waals surface area contributed by atoms with Crippen LogP contribution in [0.1, 0.15) is 53.5 Å². The van der Waals surface area contributed by atoms with Gasteiger partial charge in [-0.05, 0) is 61.9 Å². The number of aryl methyl sites for hydroxylation is 1. The Morgan fingerprint density at radius 3 is 2.68 bits per heavy atom. The number of halogens is 1. The summed E-state index contributed by atoms with van der Waals surface area (Å²) >= 11 is 1.53. The Morgan fingerprint density at radius 2 is 1.89 bits per heavy atom. The second-order valence-electron chi connectivity index (χ2n) is 10.1. The average Bonchev–Trinajstić information content (AvgIpc) is 3.62. The molecule has 4 aromatic rings.